The van der Waals surface area contributed by atoms with Crippen LogP contribution in [-0.2, 0) is 4.79 Å². The summed E-state index contributed by atoms with van der Waals surface area (Å²) < 4.78 is 5.69. The highest BCUT2D eigenvalue weighted by molar-refractivity contribution is 6.32. The van der Waals surface area contributed by atoms with Crippen LogP contribution in [0, 0.1) is 6.92 Å². The first kappa shape index (κ1) is 14.9. The highest BCUT2D eigenvalue weighted by Crippen LogP contribution is 2.40. The SMILES string of the molecule is CCOc1c(C(C)=O)cc(Cl)c(C)c1C1CNC(=O)C1. The molecular formula is C15H18ClNO3. The first-order valence-electron chi connectivity index (χ1n) is 6.69. The highest BCUT2D eigenvalue weighted by atomic mass is 35.5. The van der Waals surface area contributed by atoms with Crippen molar-refractivity contribution in [3.05, 3.63) is 27.8 Å². The van der Waals surface area contributed by atoms with Crippen LogP contribution in [0.5, 0.6) is 5.75 Å². The molecule has 0 aliphatic carbocycles. The van der Waals surface area contributed by atoms with Crippen molar-refractivity contribution in [1.29, 1.82) is 0 Å². The smallest absolute Gasteiger partial charge is 0.220 e. The lowest BCUT2D eigenvalue weighted by molar-refractivity contribution is -0.119. The molecule has 1 aliphatic heterocycles. The van der Waals surface area contributed by atoms with E-state index in [0.717, 1.165) is 11.1 Å². The maximum atomic E-state index is 11.8. The summed E-state index contributed by atoms with van der Waals surface area (Å²) in [6, 6.07) is 1.65. The molecule has 0 saturated carbocycles. The predicted octanol–water partition coefficient (Wildman–Crippen LogP) is 2.85. The summed E-state index contributed by atoms with van der Waals surface area (Å²) in [4.78, 5) is 23.3. The molecule has 4 nitrogen and oxygen atoms in total. The third-order valence-electron chi connectivity index (χ3n) is 3.58. The zero-order chi connectivity index (χ0) is 14.9. The van der Waals surface area contributed by atoms with Gasteiger partial charge in [0.15, 0.2) is 5.78 Å². The van der Waals surface area contributed by atoms with Crippen molar-refractivity contribution in [2.24, 2.45) is 0 Å². The molecule has 0 bridgehead atoms. The molecule has 1 fully saturated rings. The van der Waals surface area contributed by atoms with Crippen LogP contribution in [-0.4, -0.2) is 24.8 Å². The lowest BCUT2D eigenvalue weighted by Crippen LogP contribution is -2.14. The second kappa shape index (κ2) is 5.83. The van der Waals surface area contributed by atoms with Gasteiger partial charge in [0.2, 0.25) is 5.91 Å². The van der Waals surface area contributed by atoms with E-state index in [9.17, 15) is 9.59 Å². The van der Waals surface area contributed by atoms with Crippen LogP contribution in [0.3, 0.4) is 0 Å². The fraction of sp³-hybridized carbons (Fsp3) is 0.467. The molecule has 1 aliphatic rings. The summed E-state index contributed by atoms with van der Waals surface area (Å²) in [7, 11) is 0. The van der Waals surface area contributed by atoms with Gasteiger partial charge in [-0.3, -0.25) is 9.59 Å². The van der Waals surface area contributed by atoms with Crippen molar-refractivity contribution in [3.8, 4) is 5.75 Å². The van der Waals surface area contributed by atoms with E-state index in [1.54, 1.807) is 6.07 Å². The van der Waals surface area contributed by atoms with Crippen molar-refractivity contribution < 1.29 is 14.3 Å². The molecule has 1 aromatic carbocycles. The van der Waals surface area contributed by atoms with Crippen LogP contribution in [0.1, 0.15) is 47.7 Å². The van der Waals surface area contributed by atoms with E-state index >= 15 is 0 Å². The van der Waals surface area contributed by atoms with E-state index in [1.807, 2.05) is 13.8 Å². The first-order chi connectivity index (χ1) is 9.45. The number of nitrogens with one attached hydrogen (secondary N) is 1. The number of benzene rings is 1. The number of ketones is 1. The van der Waals surface area contributed by atoms with Gasteiger partial charge in [-0.1, -0.05) is 11.6 Å². The largest absolute Gasteiger partial charge is 0.493 e. The molecular weight excluding hydrogens is 278 g/mol. The Morgan fingerprint density at radius 1 is 1.55 bits per heavy atom. The Bertz CT molecular complexity index is 569. The van der Waals surface area contributed by atoms with Crippen molar-refractivity contribution in [2.45, 2.75) is 33.1 Å². The summed E-state index contributed by atoms with van der Waals surface area (Å²) in [5.74, 6) is 0.499. The van der Waals surface area contributed by atoms with Crippen LogP contribution in [0.15, 0.2) is 6.07 Å². The number of carbonyl (C=O) groups is 2. The predicted molar refractivity (Wildman–Crippen MR) is 77.7 cm³/mol. The van der Waals surface area contributed by atoms with Crippen molar-refractivity contribution in [1.82, 2.24) is 5.32 Å². The second-order valence-electron chi connectivity index (χ2n) is 4.97. The number of ether oxygens (including phenoxy) is 1. The molecule has 1 amide bonds. The Hall–Kier alpha value is -1.55. The molecule has 1 unspecified atom stereocenters. The summed E-state index contributed by atoms with van der Waals surface area (Å²) in [5.41, 5.74) is 2.24. The lowest BCUT2D eigenvalue weighted by Gasteiger charge is -2.21. The number of hydrogen-bond acceptors (Lipinski definition) is 3. The van der Waals surface area contributed by atoms with Gasteiger partial charge in [0.25, 0.3) is 0 Å². The van der Waals surface area contributed by atoms with Crippen LogP contribution in [0.2, 0.25) is 5.02 Å². The topological polar surface area (TPSA) is 55.4 Å². The minimum Gasteiger partial charge on any atom is -0.493 e. The normalized spacial score (nSPS) is 18.0. The number of rotatable bonds is 4. The molecule has 1 atom stereocenters. The molecule has 1 N–H and O–H groups in total. The molecule has 1 heterocycles. The fourth-order valence-electron chi connectivity index (χ4n) is 2.61. The van der Waals surface area contributed by atoms with Gasteiger partial charge in [-0.05, 0) is 32.4 Å². The van der Waals surface area contributed by atoms with Crippen molar-refractivity contribution in [2.75, 3.05) is 13.2 Å². The first-order valence-corrected chi connectivity index (χ1v) is 7.06. The van der Waals surface area contributed by atoms with Crippen LogP contribution in [0.4, 0.5) is 0 Å². The van der Waals surface area contributed by atoms with Crippen LogP contribution in [0.25, 0.3) is 0 Å². The maximum Gasteiger partial charge on any atom is 0.220 e. The maximum absolute atomic E-state index is 11.8. The van der Waals surface area contributed by atoms with Crippen LogP contribution < -0.4 is 10.1 Å². The van der Waals surface area contributed by atoms with E-state index in [1.165, 1.54) is 6.92 Å². The van der Waals surface area contributed by atoms with Crippen LogP contribution >= 0.6 is 11.6 Å². The lowest BCUT2D eigenvalue weighted by atomic mass is 9.90. The molecule has 2 rings (SSSR count). The summed E-state index contributed by atoms with van der Waals surface area (Å²) in [6.45, 7) is 6.27. The minimum absolute atomic E-state index is 0.000787. The minimum atomic E-state index is -0.0890. The van der Waals surface area contributed by atoms with E-state index in [0.29, 0.717) is 35.9 Å². The number of Topliss-reactive ketones (excluding diaryl/α,β-unsaturated/α-hetero) is 1. The molecule has 0 aromatic heterocycles. The number of hydrogen-bond donors (Lipinski definition) is 1. The Morgan fingerprint density at radius 3 is 2.75 bits per heavy atom. The fourth-order valence-corrected chi connectivity index (χ4v) is 2.82. The molecule has 108 valence electrons. The number of halogens is 1. The zero-order valence-electron chi connectivity index (χ0n) is 11.9. The molecule has 5 heteroatoms. The summed E-state index contributed by atoms with van der Waals surface area (Å²) in [5, 5.41) is 3.35. The van der Waals surface area contributed by atoms with E-state index in [2.05, 4.69) is 5.32 Å². The zero-order valence-corrected chi connectivity index (χ0v) is 12.6. The van der Waals surface area contributed by atoms with Gasteiger partial charge in [0.05, 0.1) is 12.2 Å². The van der Waals surface area contributed by atoms with E-state index in [-0.39, 0.29) is 17.6 Å². The monoisotopic (exact) mass is 295 g/mol. The summed E-state index contributed by atoms with van der Waals surface area (Å²) in [6.07, 6.45) is 0.401. The molecule has 20 heavy (non-hydrogen) atoms. The van der Waals surface area contributed by atoms with Crippen molar-refractivity contribution >= 4 is 23.3 Å². The van der Waals surface area contributed by atoms with Gasteiger partial charge in [0.1, 0.15) is 5.75 Å². The third-order valence-corrected chi connectivity index (χ3v) is 3.97. The number of carbonyl (C=O) groups excluding carboxylic acids is 2. The quantitative estimate of drug-likeness (QED) is 0.869. The van der Waals surface area contributed by atoms with Gasteiger partial charge >= 0.3 is 0 Å². The summed E-state index contributed by atoms with van der Waals surface area (Å²) >= 11 is 6.24. The molecule has 1 aromatic rings. The average Bonchev–Trinajstić information content (AvgIpc) is 2.80. The molecule has 1 saturated heterocycles. The Kier molecular flexibility index (Phi) is 4.33. The second-order valence-corrected chi connectivity index (χ2v) is 5.38. The van der Waals surface area contributed by atoms with Gasteiger partial charge in [-0.2, -0.15) is 0 Å². The Balaban J connectivity index is 2.62. The molecule has 0 radical (unpaired) electrons. The van der Waals surface area contributed by atoms with Crippen molar-refractivity contribution in [3.63, 3.8) is 0 Å². The van der Waals surface area contributed by atoms with E-state index in [4.69, 9.17) is 16.3 Å². The van der Waals surface area contributed by atoms with Gasteiger partial charge in [0, 0.05) is 29.5 Å². The van der Waals surface area contributed by atoms with Gasteiger partial charge in [-0.15, -0.1) is 0 Å². The average molecular weight is 296 g/mol. The van der Waals surface area contributed by atoms with Gasteiger partial charge in [-0.25, -0.2) is 0 Å². The molecule has 0 spiro atoms. The Morgan fingerprint density at radius 2 is 2.25 bits per heavy atom. The standard InChI is InChI=1S/C15H18ClNO3/c1-4-20-15-11(9(3)18)6-12(16)8(2)14(15)10-5-13(19)17-7-10/h6,10H,4-5,7H2,1-3H3,(H,17,19). The highest BCUT2D eigenvalue weighted by Gasteiger charge is 2.30. The van der Waals surface area contributed by atoms with Gasteiger partial charge < -0.3 is 10.1 Å². The third kappa shape index (κ3) is 2.66. The van der Waals surface area contributed by atoms with E-state index < -0.39 is 0 Å². The Labute approximate surface area is 123 Å². The number of amides is 1.